The monoisotopic (exact) mass is 368 g/mol. The van der Waals surface area contributed by atoms with Gasteiger partial charge in [-0.1, -0.05) is 41.9 Å². The molecule has 0 aliphatic carbocycles. The highest BCUT2D eigenvalue weighted by Gasteiger charge is 2.49. The lowest BCUT2D eigenvalue weighted by molar-refractivity contribution is 0.00379. The first-order valence-corrected chi connectivity index (χ1v) is 8.99. The first-order chi connectivity index (χ1) is 12.5. The summed E-state index contributed by atoms with van der Waals surface area (Å²) < 4.78 is 8.65. The van der Waals surface area contributed by atoms with Crippen LogP contribution in [-0.4, -0.2) is 46.9 Å². The van der Waals surface area contributed by atoms with Crippen molar-refractivity contribution in [2.24, 2.45) is 0 Å². The third-order valence-corrected chi connectivity index (χ3v) is 4.99. The van der Waals surface area contributed by atoms with Crippen molar-refractivity contribution < 1.29 is 4.74 Å². The normalized spacial score (nSPS) is 18.2. The van der Waals surface area contributed by atoms with Crippen molar-refractivity contribution in [3.8, 4) is 5.69 Å². The molecule has 1 unspecified atom stereocenters. The van der Waals surface area contributed by atoms with Gasteiger partial charge in [-0.3, -0.25) is 4.57 Å². The summed E-state index contributed by atoms with van der Waals surface area (Å²) in [5.74, 6) is 1.61. The van der Waals surface area contributed by atoms with Gasteiger partial charge in [-0.15, -0.1) is 10.2 Å². The standard InChI is InChI=1S/C20H21ClN4O/c1-14-22-23-19-20(26-12-11-24(2)3,15-7-5-4-6-8-15)17-13-16(21)9-10-18(17)25(14)19/h4-10,13H,11-12H2,1-3H3. The van der Waals surface area contributed by atoms with Crippen LogP contribution in [-0.2, 0) is 10.3 Å². The van der Waals surface area contributed by atoms with Crippen molar-refractivity contribution in [1.82, 2.24) is 19.7 Å². The first kappa shape index (κ1) is 17.2. The third kappa shape index (κ3) is 2.55. The molecular weight excluding hydrogens is 348 g/mol. The Morgan fingerprint density at radius 1 is 1.12 bits per heavy atom. The van der Waals surface area contributed by atoms with Gasteiger partial charge in [-0.25, -0.2) is 0 Å². The predicted octanol–water partition coefficient (Wildman–Crippen LogP) is 3.41. The van der Waals surface area contributed by atoms with Crippen LogP contribution in [0.1, 0.15) is 22.8 Å². The predicted molar refractivity (Wildman–Crippen MR) is 102 cm³/mol. The number of likely N-dealkylation sites (N-methyl/N-ethyl adjacent to an activating group) is 1. The van der Waals surface area contributed by atoms with E-state index in [2.05, 4.69) is 31.8 Å². The lowest BCUT2D eigenvalue weighted by atomic mass is 9.86. The Balaban J connectivity index is 1.97. The molecule has 0 N–H and O–H groups in total. The number of rotatable bonds is 5. The Kier molecular flexibility index (Phi) is 4.31. The molecule has 1 aromatic heterocycles. The number of benzene rings is 2. The molecule has 0 spiro atoms. The summed E-state index contributed by atoms with van der Waals surface area (Å²) in [6.45, 7) is 3.31. The SMILES string of the molecule is Cc1nnc2n1-c1ccc(Cl)cc1C2(OCCN(C)C)c1ccccc1. The number of nitrogens with zero attached hydrogens (tertiary/aromatic N) is 4. The summed E-state index contributed by atoms with van der Waals surface area (Å²) in [5, 5.41) is 9.49. The van der Waals surface area contributed by atoms with Gasteiger partial charge in [-0.05, 0) is 44.8 Å². The van der Waals surface area contributed by atoms with Crippen molar-refractivity contribution >= 4 is 11.6 Å². The van der Waals surface area contributed by atoms with Crippen LogP contribution in [0, 0.1) is 6.92 Å². The van der Waals surface area contributed by atoms with Crippen molar-refractivity contribution in [2.75, 3.05) is 27.2 Å². The average Bonchev–Trinajstić information content (AvgIpc) is 3.13. The molecule has 0 fully saturated rings. The summed E-state index contributed by atoms with van der Waals surface area (Å²) in [5.41, 5.74) is 2.22. The third-order valence-electron chi connectivity index (χ3n) is 4.76. The van der Waals surface area contributed by atoms with Crippen LogP contribution in [0.3, 0.4) is 0 Å². The van der Waals surface area contributed by atoms with Gasteiger partial charge in [0.2, 0.25) is 0 Å². The van der Waals surface area contributed by atoms with Gasteiger partial charge < -0.3 is 9.64 Å². The van der Waals surface area contributed by atoms with E-state index in [-0.39, 0.29) is 0 Å². The molecular formula is C20H21ClN4O. The highest BCUT2D eigenvalue weighted by molar-refractivity contribution is 6.30. The van der Waals surface area contributed by atoms with E-state index in [9.17, 15) is 0 Å². The van der Waals surface area contributed by atoms with Gasteiger partial charge in [0, 0.05) is 17.1 Å². The second kappa shape index (κ2) is 6.50. The molecule has 0 saturated carbocycles. The molecule has 134 valence electrons. The maximum atomic E-state index is 6.59. The molecule has 3 aromatic rings. The Hall–Kier alpha value is -2.21. The Bertz CT molecular complexity index is 938. The summed E-state index contributed by atoms with van der Waals surface area (Å²) in [4.78, 5) is 2.10. The van der Waals surface area contributed by atoms with Crippen LogP contribution in [0.5, 0.6) is 0 Å². The number of fused-ring (bicyclic) bond motifs is 3. The van der Waals surface area contributed by atoms with Gasteiger partial charge in [0.05, 0.1) is 12.3 Å². The van der Waals surface area contributed by atoms with Crippen molar-refractivity contribution in [3.05, 3.63) is 76.3 Å². The van der Waals surface area contributed by atoms with Gasteiger partial charge >= 0.3 is 0 Å². The van der Waals surface area contributed by atoms with E-state index in [1.54, 1.807) is 0 Å². The van der Waals surface area contributed by atoms with Crippen LogP contribution in [0.25, 0.3) is 5.69 Å². The topological polar surface area (TPSA) is 43.2 Å². The van der Waals surface area contributed by atoms with Gasteiger partial charge in [0.1, 0.15) is 5.82 Å². The zero-order valence-corrected chi connectivity index (χ0v) is 15.9. The second-order valence-electron chi connectivity index (χ2n) is 6.77. The van der Waals surface area contributed by atoms with Gasteiger partial charge in [0.25, 0.3) is 0 Å². The van der Waals surface area contributed by atoms with E-state index in [0.717, 1.165) is 35.0 Å². The smallest absolute Gasteiger partial charge is 0.180 e. The van der Waals surface area contributed by atoms with E-state index in [0.29, 0.717) is 11.6 Å². The van der Waals surface area contributed by atoms with Crippen LogP contribution in [0.15, 0.2) is 48.5 Å². The second-order valence-corrected chi connectivity index (χ2v) is 7.20. The van der Waals surface area contributed by atoms with E-state index in [4.69, 9.17) is 16.3 Å². The van der Waals surface area contributed by atoms with Crippen LogP contribution >= 0.6 is 11.6 Å². The Morgan fingerprint density at radius 2 is 1.88 bits per heavy atom. The van der Waals surface area contributed by atoms with E-state index in [1.165, 1.54) is 0 Å². The number of aromatic nitrogens is 3. The minimum Gasteiger partial charge on any atom is -0.356 e. The Morgan fingerprint density at radius 3 is 2.62 bits per heavy atom. The fourth-order valence-electron chi connectivity index (χ4n) is 3.55. The largest absolute Gasteiger partial charge is 0.356 e. The molecule has 0 radical (unpaired) electrons. The van der Waals surface area contributed by atoms with Crippen LogP contribution < -0.4 is 0 Å². The quantitative estimate of drug-likeness (QED) is 0.692. The maximum absolute atomic E-state index is 6.59. The minimum atomic E-state index is -0.821. The summed E-state index contributed by atoms with van der Waals surface area (Å²) >= 11 is 6.36. The van der Waals surface area contributed by atoms with E-state index >= 15 is 0 Å². The zero-order chi connectivity index (χ0) is 18.3. The Labute approximate surface area is 158 Å². The fraction of sp³-hybridized carbons (Fsp3) is 0.300. The molecule has 1 aliphatic heterocycles. The first-order valence-electron chi connectivity index (χ1n) is 8.61. The van der Waals surface area contributed by atoms with Crippen molar-refractivity contribution in [3.63, 3.8) is 0 Å². The maximum Gasteiger partial charge on any atom is 0.180 e. The summed E-state index contributed by atoms with van der Waals surface area (Å²) in [7, 11) is 4.06. The molecule has 5 nitrogen and oxygen atoms in total. The number of hydrogen-bond acceptors (Lipinski definition) is 4. The molecule has 0 amide bonds. The molecule has 2 aromatic carbocycles. The van der Waals surface area contributed by atoms with E-state index in [1.807, 2.05) is 57.4 Å². The number of halogens is 1. The van der Waals surface area contributed by atoms with Gasteiger partial charge in [-0.2, -0.15) is 0 Å². The molecule has 1 aliphatic rings. The highest BCUT2D eigenvalue weighted by atomic mass is 35.5. The number of ether oxygens (including phenoxy) is 1. The lowest BCUT2D eigenvalue weighted by Crippen LogP contribution is -2.34. The lowest BCUT2D eigenvalue weighted by Gasteiger charge is -2.30. The molecule has 4 rings (SSSR count). The summed E-state index contributed by atoms with van der Waals surface area (Å²) in [6.07, 6.45) is 0. The van der Waals surface area contributed by atoms with Crippen molar-refractivity contribution in [2.45, 2.75) is 12.5 Å². The van der Waals surface area contributed by atoms with E-state index < -0.39 is 5.60 Å². The number of hydrogen-bond donors (Lipinski definition) is 0. The van der Waals surface area contributed by atoms with Crippen LogP contribution in [0.4, 0.5) is 0 Å². The summed E-state index contributed by atoms with van der Waals surface area (Å²) in [6, 6.07) is 16.1. The fourth-order valence-corrected chi connectivity index (χ4v) is 3.72. The minimum absolute atomic E-state index is 0.555. The van der Waals surface area contributed by atoms with Crippen LogP contribution in [0.2, 0.25) is 5.02 Å². The average molecular weight is 369 g/mol. The molecule has 2 heterocycles. The highest BCUT2D eigenvalue weighted by Crippen LogP contribution is 2.48. The molecule has 1 atom stereocenters. The van der Waals surface area contributed by atoms with Crippen molar-refractivity contribution in [1.29, 1.82) is 0 Å². The molecule has 0 saturated heterocycles. The number of aryl methyl sites for hydroxylation is 1. The molecule has 0 bridgehead atoms. The zero-order valence-electron chi connectivity index (χ0n) is 15.1. The van der Waals surface area contributed by atoms with Gasteiger partial charge in [0.15, 0.2) is 11.4 Å². The molecule has 26 heavy (non-hydrogen) atoms. The molecule has 6 heteroatoms.